The molecule has 0 aliphatic heterocycles. The van der Waals surface area contributed by atoms with E-state index >= 15 is 0 Å². The Hall–Kier alpha value is -2.00. The first-order valence-electron chi connectivity index (χ1n) is 7.09. The van der Waals surface area contributed by atoms with Gasteiger partial charge < -0.3 is 10.6 Å². The van der Waals surface area contributed by atoms with Crippen LogP contribution in [-0.2, 0) is 13.0 Å². The molecule has 0 aromatic heterocycles. The van der Waals surface area contributed by atoms with E-state index in [1.165, 1.54) is 11.1 Å². The Kier molecular flexibility index (Phi) is 4.11. The zero-order valence-corrected chi connectivity index (χ0v) is 12.4. The van der Waals surface area contributed by atoms with Crippen LogP contribution in [0, 0.1) is 0 Å². The summed E-state index contributed by atoms with van der Waals surface area (Å²) in [4.78, 5) is 12.0. The largest absolute Gasteiger partial charge is 0.334 e. The van der Waals surface area contributed by atoms with E-state index in [0.717, 1.165) is 18.4 Å². The smallest absolute Gasteiger partial charge is 0.315 e. The molecule has 2 N–H and O–H groups in total. The first kappa shape index (κ1) is 14.0. The quantitative estimate of drug-likeness (QED) is 0.889. The number of carbonyl (C=O) groups is 1. The van der Waals surface area contributed by atoms with Gasteiger partial charge in [-0.2, -0.15) is 0 Å². The molecule has 0 saturated carbocycles. The molecule has 3 nitrogen and oxygen atoms in total. The molecule has 3 rings (SSSR count). The molecular formula is C17H17ClN2O. The molecule has 2 aromatic rings. The van der Waals surface area contributed by atoms with Crippen molar-refractivity contribution < 1.29 is 4.79 Å². The molecule has 0 bridgehead atoms. The number of halogens is 1. The van der Waals surface area contributed by atoms with Crippen molar-refractivity contribution in [1.29, 1.82) is 0 Å². The summed E-state index contributed by atoms with van der Waals surface area (Å²) >= 11 is 5.93. The van der Waals surface area contributed by atoms with Gasteiger partial charge in [-0.15, -0.1) is 0 Å². The van der Waals surface area contributed by atoms with E-state index < -0.39 is 0 Å². The van der Waals surface area contributed by atoms with Crippen LogP contribution in [0.15, 0.2) is 48.5 Å². The number of rotatable bonds is 3. The summed E-state index contributed by atoms with van der Waals surface area (Å²) in [5, 5.41) is 6.59. The molecule has 0 heterocycles. The second-order valence-corrected chi connectivity index (χ2v) is 5.68. The van der Waals surface area contributed by atoms with E-state index in [2.05, 4.69) is 22.8 Å². The number of benzene rings is 2. The Morgan fingerprint density at radius 2 is 2.05 bits per heavy atom. The first-order chi connectivity index (χ1) is 10.2. The third-order valence-electron chi connectivity index (χ3n) is 3.78. The fourth-order valence-electron chi connectivity index (χ4n) is 2.75. The lowest BCUT2D eigenvalue weighted by molar-refractivity contribution is 0.236. The van der Waals surface area contributed by atoms with Crippen LogP contribution in [0.5, 0.6) is 0 Å². The molecule has 2 amide bonds. The summed E-state index contributed by atoms with van der Waals surface area (Å²) < 4.78 is 0. The lowest BCUT2D eigenvalue weighted by atomic mass is 10.1. The molecule has 108 valence electrons. The summed E-state index contributed by atoms with van der Waals surface area (Å²) in [5.74, 6) is 0. The fraction of sp³-hybridized carbons (Fsp3) is 0.235. The first-order valence-corrected chi connectivity index (χ1v) is 7.47. The van der Waals surface area contributed by atoms with Gasteiger partial charge in [-0.05, 0) is 41.7 Å². The molecular weight excluding hydrogens is 284 g/mol. The Morgan fingerprint density at radius 3 is 2.90 bits per heavy atom. The summed E-state index contributed by atoms with van der Waals surface area (Å²) in [6.07, 6.45) is 1.99. The number of fused-ring (bicyclic) bond motifs is 1. The minimum absolute atomic E-state index is 0.112. The molecule has 0 fully saturated rings. The lowest BCUT2D eigenvalue weighted by Crippen LogP contribution is -2.36. The zero-order valence-electron chi connectivity index (χ0n) is 11.6. The standard InChI is InChI=1S/C17H17ClN2O/c18-14-6-3-4-12(10-14)11-19-17(21)20-16-9-8-13-5-1-2-7-15(13)16/h1-7,10,16H,8-9,11H2,(H2,19,20,21). The monoisotopic (exact) mass is 300 g/mol. The number of carbonyl (C=O) groups excluding carboxylic acids is 1. The highest BCUT2D eigenvalue weighted by Crippen LogP contribution is 2.30. The normalized spacial score (nSPS) is 16.3. The SMILES string of the molecule is O=C(NCc1cccc(Cl)c1)NC1CCc2ccccc21. The Balaban J connectivity index is 1.56. The molecule has 0 saturated heterocycles. The molecule has 21 heavy (non-hydrogen) atoms. The number of aryl methyl sites for hydroxylation is 1. The van der Waals surface area contributed by atoms with Gasteiger partial charge in [0.05, 0.1) is 6.04 Å². The summed E-state index contributed by atoms with van der Waals surface area (Å²) in [7, 11) is 0. The van der Waals surface area contributed by atoms with Crippen molar-refractivity contribution in [2.45, 2.75) is 25.4 Å². The van der Waals surface area contributed by atoms with Crippen LogP contribution >= 0.6 is 11.6 Å². The molecule has 1 unspecified atom stereocenters. The lowest BCUT2D eigenvalue weighted by Gasteiger charge is -2.15. The molecule has 1 atom stereocenters. The van der Waals surface area contributed by atoms with Gasteiger partial charge in [0.15, 0.2) is 0 Å². The third kappa shape index (κ3) is 3.37. The highest BCUT2D eigenvalue weighted by molar-refractivity contribution is 6.30. The predicted octanol–water partition coefficient (Wildman–Crippen LogP) is 3.83. The number of urea groups is 1. The number of nitrogens with one attached hydrogen (secondary N) is 2. The van der Waals surface area contributed by atoms with Crippen LogP contribution < -0.4 is 10.6 Å². The predicted molar refractivity (Wildman–Crippen MR) is 84.3 cm³/mol. The maximum absolute atomic E-state index is 12.0. The van der Waals surface area contributed by atoms with Crippen LogP contribution in [0.25, 0.3) is 0 Å². The molecule has 2 aromatic carbocycles. The van der Waals surface area contributed by atoms with Gasteiger partial charge in [0.25, 0.3) is 0 Å². The van der Waals surface area contributed by atoms with Gasteiger partial charge in [-0.25, -0.2) is 4.79 Å². The van der Waals surface area contributed by atoms with Crippen LogP contribution in [0.3, 0.4) is 0 Å². The van der Waals surface area contributed by atoms with Crippen LogP contribution in [0.2, 0.25) is 5.02 Å². The highest BCUT2D eigenvalue weighted by Gasteiger charge is 2.23. The third-order valence-corrected chi connectivity index (χ3v) is 4.02. The maximum Gasteiger partial charge on any atom is 0.315 e. The number of hydrogen-bond acceptors (Lipinski definition) is 1. The van der Waals surface area contributed by atoms with Gasteiger partial charge in [-0.3, -0.25) is 0 Å². The molecule has 4 heteroatoms. The molecule has 0 spiro atoms. The molecule has 0 radical (unpaired) electrons. The van der Waals surface area contributed by atoms with Gasteiger partial charge in [0.2, 0.25) is 0 Å². The minimum atomic E-state index is -0.142. The van der Waals surface area contributed by atoms with Gasteiger partial charge >= 0.3 is 6.03 Å². The van der Waals surface area contributed by atoms with E-state index in [4.69, 9.17) is 11.6 Å². The van der Waals surface area contributed by atoms with Crippen molar-refractivity contribution in [2.75, 3.05) is 0 Å². The van der Waals surface area contributed by atoms with Crippen LogP contribution in [-0.4, -0.2) is 6.03 Å². The van der Waals surface area contributed by atoms with Crippen molar-refractivity contribution in [3.05, 3.63) is 70.2 Å². The van der Waals surface area contributed by atoms with Gasteiger partial charge in [0.1, 0.15) is 0 Å². The van der Waals surface area contributed by atoms with Crippen molar-refractivity contribution in [3.8, 4) is 0 Å². The average Bonchev–Trinajstić information content (AvgIpc) is 2.89. The maximum atomic E-state index is 12.0. The van der Waals surface area contributed by atoms with E-state index in [0.29, 0.717) is 11.6 Å². The number of hydrogen-bond donors (Lipinski definition) is 2. The van der Waals surface area contributed by atoms with Gasteiger partial charge in [-0.1, -0.05) is 48.0 Å². The zero-order chi connectivity index (χ0) is 14.7. The highest BCUT2D eigenvalue weighted by atomic mass is 35.5. The Labute approximate surface area is 129 Å². The van der Waals surface area contributed by atoms with Crippen LogP contribution in [0.4, 0.5) is 4.79 Å². The topological polar surface area (TPSA) is 41.1 Å². The minimum Gasteiger partial charge on any atom is -0.334 e. The second kappa shape index (κ2) is 6.19. The fourth-order valence-corrected chi connectivity index (χ4v) is 2.96. The van der Waals surface area contributed by atoms with Crippen molar-refractivity contribution in [1.82, 2.24) is 10.6 Å². The van der Waals surface area contributed by atoms with E-state index in [-0.39, 0.29) is 12.1 Å². The molecule has 1 aliphatic carbocycles. The van der Waals surface area contributed by atoms with Crippen LogP contribution in [0.1, 0.15) is 29.2 Å². The second-order valence-electron chi connectivity index (χ2n) is 5.25. The Bertz CT molecular complexity index is 657. The van der Waals surface area contributed by atoms with E-state index in [1.807, 2.05) is 36.4 Å². The average molecular weight is 301 g/mol. The van der Waals surface area contributed by atoms with E-state index in [1.54, 1.807) is 0 Å². The van der Waals surface area contributed by atoms with Crippen molar-refractivity contribution in [2.24, 2.45) is 0 Å². The van der Waals surface area contributed by atoms with Crippen molar-refractivity contribution in [3.63, 3.8) is 0 Å². The number of amides is 2. The van der Waals surface area contributed by atoms with Crippen molar-refractivity contribution >= 4 is 17.6 Å². The summed E-state index contributed by atoms with van der Waals surface area (Å²) in [6, 6.07) is 15.7. The Morgan fingerprint density at radius 1 is 1.19 bits per heavy atom. The summed E-state index contributed by atoms with van der Waals surface area (Å²) in [6.45, 7) is 0.473. The van der Waals surface area contributed by atoms with Gasteiger partial charge in [0, 0.05) is 11.6 Å². The molecule has 1 aliphatic rings. The van der Waals surface area contributed by atoms with E-state index in [9.17, 15) is 4.79 Å². The summed E-state index contributed by atoms with van der Waals surface area (Å²) in [5.41, 5.74) is 3.55.